The van der Waals surface area contributed by atoms with Crippen molar-refractivity contribution in [3.63, 3.8) is 0 Å². The lowest BCUT2D eigenvalue weighted by Crippen LogP contribution is -2.34. The van der Waals surface area contributed by atoms with Crippen molar-refractivity contribution in [1.29, 1.82) is 0 Å². The van der Waals surface area contributed by atoms with Crippen LogP contribution in [0, 0.1) is 6.92 Å². The second-order valence-electron chi connectivity index (χ2n) is 1.54. The van der Waals surface area contributed by atoms with Crippen LogP contribution in [-0.2, 0) is 15.1 Å². The highest BCUT2D eigenvalue weighted by molar-refractivity contribution is 7.84. The summed E-state index contributed by atoms with van der Waals surface area (Å²) in [5, 5.41) is 0. The molecule has 0 aromatic rings. The predicted molar refractivity (Wildman–Crippen MR) is 34.3 cm³/mol. The maximum Gasteiger partial charge on any atom is 0.362 e. The average Bonchev–Trinajstić information content (AvgIpc) is 1.60. The van der Waals surface area contributed by atoms with Crippen molar-refractivity contribution in [1.82, 2.24) is 4.31 Å². The first-order chi connectivity index (χ1) is 4.39. The Morgan fingerprint density at radius 3 is 2.10 bits per heavy atom. The minimum Gasteiger partial charge on any atom is -0.274 e. The van der Waals surface area contributed by atoms with Crippen LogP contribution >= 0.6 is 0 Å². The van der Waals surface area contributed by atoms with Crippen molar-refractivity contribution in [3.05, 3.63) is 6.92 Å². The Morgan fingerprint density at radius 1 is 1.70 bits per heavy atom. The van der Waals surface area contributed by atoms with Gasteiger partial charge in [0.1, 0.15) is 0 Å². The molecule has 59 valence electrons. The topological polar surface area (TPSA) is 74.7 Å². The van der Waals surface area contributed by atoms with Gasteiger partial charge in [0.05, 0.1) is 0 Å². The van der Waals surface area contributed by atoms with Gasteiger partial charge in [0.25, 0.3) is 0 Å². The van der Waals surface area contributed by atoms with Gasteiger partial charge in [0.15, 0.2) is 0 Å². The van der Waals surface area contributed by atoms with Crippen LogP contribution in [0.5, 0.6) is 0 Å². The molecule has 0 aliphatic rings. The zero-order valence-corrected chi connectivity index (χ0v) is 6.26. The van der Waals surface area contributed by atoms with Crippen LogP contribution in [0.2, 0.25) is 0 Å². The van der Waals surface area contributed by atoms with Crippen LogP contribution < -0.4 is 0 Å². The zero-order valence-electron chi connectivity index (χ0n) is 5.44. The summed E-state index contributed by atoms with van der Waals surface area (Å²) >= 11 is 0. The summed E-state index contributed by atoms with van der Waals surface area (Å²) in [5.74, 6) is -0.940. The van der Waals surface area contributed by atoms with Gasteiger partial charge in [-0.25, -0.2) is 4.31 Å². The molecule has 0 rings (SSSR count). The van der Waals surface area contributed by atoms with Gasteiger partial charge in [-0.1, -0.05) is 0 Å². The van der Waals surface area contributed by atoms with Crippen LogP contribution in [0.25, 0.3) is 0 Å². The summed E-state index contributed by atoms with van der Waals surface area (Å²) in [6.45, 7) is 4.13. The minimum atomic E-state index is -4.39. The zero-order chi connectivity index (χ0) is 8.36. The van der Waals surface area contributed by atoms with Crippen molar-refractivity contribution in [3.8, 4) is 0 Å². The van der Waals surface area contributed by atoms with E-state index in [0.29, 0.717) is 0 Å². The predicted octanol–water partition coefficient (Wildman–Crippen LogP) is -0.528. The SMILES string of the molecule is [CH2]C(=O)N(CC)S(=O)(=O)O. The van der Waals surface area contributed by atoms with E-state index in [0.717, 1.165) is 0 Å². The smallest absolute Gasteiger partial charge is 0.274 e. The molecule has 0 bridgehead atoms. The summed E-state index contributed by atoms with van der Waals surface area (Å²) < 4.78 is 29.0. The number of rotatable bonds is 2. The van der Waals surface area contributed by atoms with Crippen LogP contribution in [-0.4, -0.2) is 29.7 Å². The monoisotopic (exact) mass is 166 g/mol. The fourth-order valence-electron chi connectivity index (χ4n) is 0.468. The molecule has 0 spiro atoms. The molecule has 0 heterocycles. The van der Waals surface area contributed by atoms with Crippen LogP contribution in [0.4, 0.5) is 0 Å². The maximum atomic E-state index is 10.3. The van der Waals surface area contributed by atoms with Gasteiger partial charge < -0.3 is 0 Å². The minimum absolute atomic E-state index is 0.110. The molecular weight excluding hydrogens is 158 g/mol. The molecule has 0 unspecified atom stereocenters. The van der Waals surface area contributed by atoms with E-state index < -0.39 is 16.2 Å². The van der Waals surface area contributed by atoms with E-state index in [9.17, 15) is 13.2 Å². The number of amides is 1. The Kier molecular flexibility index (Phi) is 2.79. The first-order valence-corrected chi connectivity index (χ1v) is 3.90. The standard InChI is InChI=1S/C4H8NO4S/c1-3-5(4(2)6)10(7,8)9/h2-3H2,1H3,(H,7,8,9). The van der Waals surface area contributed by atoms with Crippen LogP contribution in [0.15, 0.2) is 0 Å². The molecule has 1 N–H and O–H groups in total. The Bertz CT molecular complexity index is 219. The highest BCUT2D eigenvalue weighted by Crippen LogP contribution is 1.95. The molecule has 0 aromatic carbocycles. The average molecular weight is 166 g/mol. The highest BCUT2D eigenvalue weighted by atomic mass is 32.2. The van der Waals surface area contributed by atoms with E-state index in [1.165, 1.54) is 6.92 Å². The van der Waals surface area contributed by atoms with Gasteiger partial charge in [0, 0.05) is 13.5 Å². The van der Waals surface area contributed by atoms with Crippen molar-refractivity contribution < 1.29 is 17.8 Å². The summed E-state index contributed by atoms with van der Waals surface area (Å²) in [4.78, 5) is 10.3. The molecule has 6 heteroatoms. The van der Waals surface area contributed by atoms with Gasteiger partial charge in [-0.3, -0.25) is 9.35 Å². The highest BCUT2D eigenvalue weighted by Gasteiger charge is 2.18. The van der Waals surface area contributed by atoms with Crippen LogP contribution in [0.1, 0.15) is 6.92 Å². The van der Waals surface area contributed by atoms with E-state index in [-0.39, 0.29) is 10.8 Å². The number of hydrogen-bond donors (Lipinski definition) is 1. The maximum absolute atomic E-state index is 10.3. The fourth-order valence-corrected chi connectivity index (χ4v) is 1.05. The van der Waals surface area contributed by atoms with Gasteiger partial charge in [-0.2, -0.15) is 8.42 Å². The molecular formula is C4H8NO4S. The van der Waals surface area contributed by atoms with E-state index >= 15 is 0 Å². The molecule has 0 aliphatic carbocycles. The molecule has 1 amide bonds. The molecule has 0 aliphatic heterocycles. The Hall–Kier alpha value is -0.620. The number of carbonyl (C=O) groups excluding carboxylic acids is 1. The quantitative estimate of drug-likeness (QED) is 0.560. The van der Waals surface area contributed by atoms with Gasteiger partial charge in [0.2, 0.25) is 5.91 Å². The van der Waals surface area contributed by atoms with Crippen molar-refractivity contribution in [2.45, 2.75) is 6.92 Å². The molecule has 0 fully saturated rings. The summed E-state index contributed by atoms with van der Waals surface area (Å²) in [7, 11) is -4.39. The third kappa shape index (κ3) is 2.32. The second kappa shape index (κ2) is 2.98. The molecule has 10 heavy (non-hydrogen) atoms. The first-order valence-electron chi connectivity index (χ1n) is 2.50. The Balaban J connectivity index is 4.55. The molecule has 0 saturated heterocycles. The lowest BCUT2D eigenvalue weighted by molar-refractivity contribution is -0.121. The Labute approximate surface area is 59.5 Å². The van der Waals surface area contributed by atoms with E-state index in [1.807, 2.05) is 0 Å². The van der Waals surface area contributed by atoms with E-state index in [4.69, 9.17) is 4.55 Å². The lowest BCUT2D eigenvalue weighted by atomic mass is 10.6. The molecule has 5 nitrogen and oxygen atoms in total. The van der Waals surface area contributed by atoms with Crippen molar-refractivity contribution >= 4 is 16.2 Å². The summed E-state index contributed by atoms with van der Waals surface area (Å²) in [6.07, 6.45) is 0. The summed E-state index contributed by atoms with van der Waals surface area (Å²) in [6, 6.07) is 0. The van der Waals surface area contributed by atoms with Gasteiger partial charge in [-0.15, -0.1) is 0 Å². The third-order valence-corrected chi connectivity index (χ3v) is 1.86. The molecule has 0 aromatic heterocycles. The van der Waals surface area contributed by atoms with Crippen LogP contribution in [0.3, 0.4) is 0 Å². The van der Waals surface area contributed by atoms with E-state index in [2.05, 4.69) is 6.92 Å². The molecule has 0 atom stereocenters. The second-order valence-corrected chi connectivity index (χ2v) is 2.87. The number of carbonyl (C=O) groups is 1. The summed E-state index contributed by atoms with van der Waals surface area (Å²) in [5.41, 5.74) is 0. The molecule has 0 saturated carbocycles. The first kappa shape index (κ1) is 9.38. The number of hydrogen-bond acceptors (Lipinski definition) is 3. The number of nitrogens with zero attached hydrogens (tertiary/aromatic N) is 1. The van der Waals surface area contributed by atoms with Crippen molar-refractivity contribution in [2.75, 3.05) is 6.54 Å². The van der Waals surface area contributed by atoms with Crippen molar-refractivity contribution in [2.24, 2.45) is 0 Å². The normalized spacial score (nSPS) is 11.1. The fraction of sp³-hybridized carbons (Fsp3) is 0.500. The largest absolute Gasteiger partial charge is 0.362 e. The lowest BCUT2D eigenvalue weighted by Gasteiger charge is -2.12. The molecule has 1 radical (unpaired) electrons. The third-order valence-electron chi connectivity index (χ3n) is 0.844. The van der Waals surface area contributed by atoms with E-state index in [1.54, 1.807) is 0 Å². The van der Waals surface area contributed by atoms with Gasteiger partial charge >= 0.3 is 10.3 Å². The Morgan fingerprint density at radius 2 is 2.10 bits per heavy atom. The van der Waals surface area contributed by atoms with Gasteiger partial charge in [-0.05, 0) is 6.92 Å².